The molecule has 0 rings (SSSR count). The fourth-order valence-electron chi connectivity index (χ4n) is 0.667. The molecule has 0 spiro atoms. The SMILES string of the molecule is [CH2-]C(=O)C(N)CCC(=O)OCC.[W]. The smallest absolute Gasteiger partial charge is 0.305 e. The van der Waals surface area contributed by atoms with Crippen molar-refractivity contribution in [2.45, 2.75) is 25.8 Å². The second kappa shape index (κ2) is 8.27. The van der Waals surface area contributed by atoms with E-state index in [1.807, 2.05) is 0 Å². The summed E-state index contributed by atoms with van der Waals surface area (Å²) < 4.78 is 4.65. The Bertz CT molecular complexity index is 173. The first-order valence-electron chi connectivity index (χ1n) is 3.85. The number of Topliss-reactive ketones (excluding diaryl/α,β-unsaturated/α-hetero) is 1. The second-order valence-corrected chi connectivity index (χ2v) is 2.42. The predicted molar refractivity (Wildman–Crippen MR) is 44.2 cm³/mol. The summed E-state index contributed by atoms with van der Waals surface area (Å²) in [5.41, 5.74) is 5.34. The number of hydrogen-bond acceptors (Lipinski definition) is 4. The van der Waals surface area contributed by atoms with Crippen LogP contribution in [0.2, 0.25) is 0 Å². The molecule has 0 aromatic rings. The average molecular weight is 356 g/mol. The molecule has 0 aliphatic rings. The van der Waals surface area contributed by atoms with E-state index in [1.165, 1.54) is 0 Å². The molecule has 0 heterocycles. The van der Waals surface area contributed by atoms with Gasteiger partial charge in [0.05, 0.1) is 6.61 Å². The van der Waals surface area contributed by atoms with Gasteiger partial charge >= 0.3 is 5.97 Å². The molecule has 0 amide bonds. The van der Waals surface area contributed by atoms with Crippen molar-refractivity contribution < 1.29 is 35.4 Å². The van der Waals surface area contributed by atoms with E-state index in [4.69, 9.17) is 5.73 Å². The quantitative estimate of drug-likeness (QED) is 0.559. The Kier molecular flexibility index (Phi) is 9.63. The maximum Gasteiger partial charge on any atom is 0.305 e. The van der Waals surface area contributed by atoms with E-state index in [9.17, 15) is 9.59 Å². The van der Waals surface area contributed by atoms with E-state index in [1.54, 1.807) is 6.92 Å². The Morgan fingerprint density at radius 2 is 2.08 bits per heavy atom. The number of carbonyl (C=O) groups excluding carboxylic acids is 2. The molecule has 0 fully saturated rings. The third-order valence-electron chi connectivity index (χ3n) is 1.38. The summed E-state index contributed by atoms with van der Waals surface area (Å²) in [6.45, 7) is 5.23. The van der Waals surface area contributed by atoms with Crippen molar-refractivity contribution in [1.29, 1.82) is 0 Å². The molecule has 0 bridgehead atoms. The van der Waals surface area contributed by atoms with Crippen LogP contribution in [-0.4, -0.2) is 24.4 Å². The monoisotopic (exact) mass is 356 g/mol. The number of ether oxygens (including phenoxy) is 1. The van der Waals surface area contributed by atoms with Crippen LogP contribution in [0, 0.1) is 6.92 Å². The molecule has 2 N–H and O–H groups in total. The van der Waals surface area contributed by atoms with E-state index >= 15 is 0 Å². The van der Waals surface area contributed by atoms with Crippen molar-refractivity contribution in [3.8, 4) is 0 Å². The molecule has 0 aromatic carbocycles. The second-order valence-electron chi connectivity index (χ2n) is 2.42. The van der Waals surface area contributed by atoms with Gasteiger partial charge in [0.2, 0.25) is 0 Å². The van der Waals surface area contributed by atoms with Crippen molar-refractivity contribution in [1.82, 2.24) is 0 Å². The molecule has 0 saturated carbocycles. The van der Waals surface area contributed by atoms with Crippen molar-refractivity contribution >= 4 is 11.8 Å². The number of rotatable bonds is 5. The van der Waals surface area contributed by atoms with E-state index in [2.05, 4.69) is 11.7 Å². The van der Waals surface area contributed by atoms with E-state index in [0.717, 1.165) is 0 Å². The standard InChI is InChI=1S/C8H14NO3.W/c1-3-12-8(11)5-4-7(9)6(2)10;/h7H,2-5,9H2,1H3;/q-1;. The van der Waals surface area contributed by atoms with Gasteiger partial charge in [-0.2, -0.15) is 0 Å². The Labute approximate surface area is 92.5 Å². The first-order chi connectivity index (χ1) is 5.57. The normalized spacial score (nSPS) is 11.2. The van der Waals surface area contributed by atoms with E-state index < -0.39 is 6.04 Å². The zero-order valence-corrected chi connectivity index (χ0v) is 10.5. The van der Waals surface area contributed by atoms with Crippen LogP contribution in [0.25, 0.3) is 0 Å². The van der Waals surface area contributed by atoms with Crippen LogP contribution in [0.1, 0.15) is 19.8 Å². The minimum absolute atomic E-state index is 0. The zero-order valence-electron chi connectivity index (χ0n) is 7.62. The summed E-state index contributed by atoms with van der Waals surface area (Å²) >= 11 is 0. The largest absolute Gasteiger partial charge is 0.466 e. The fourth-order valence-corrected chi connectivity index (χ4v) is 0.667. The molecule has 13 heavy (non-hydrogen) atoms. The van der Waals surface area contributed by atoms with Crippen LogP contribution < -0.4 is 5.73 Å². The van der Waals surface area contributed by atoms with Gasteiger partial charge in [0, 0.05) is 39.3 Å². The Hall–Kier alpha value is -0.342. The molecule has 1 atom stereocenters. The van der Waals surface area contributed by atoms with Gasteiger partial charge in [-0.05, 0) is 13.3 Å². The van der Waals surface area contributed by atoms with Gasteiger partial charge in [-0.1, -0.05) is 0 Å². The van der Waals surface area contributed by atoms with Crippen molar-refractivity contribution in [3.05, 3.63) is 6.92 Å². The van der Waals surface area contributed by atoms with Gasteiger partial charge in [-0.25, -0.2) is 0 Å². The summed E-state index contributed by atoms with van der Waals surface area (Å²) in [7, 11) is 0. The van der Waals surface area contributed by atoms with Crippen LogP contribution in [0.4, 0.5) is 0 Å². The minimum Gasteiger partial charge on any atom is -0.466 e. The van der Waals surface area contributed by atoms with Gasteiger partial charge in [-0.3, -0.25) is 4.79 Å². The van der Waals surface area contributed by atoms with Crippen LogP contribution in [-0.2, 0) is 35.4 Å². The average Bonchev–Trinajstić information content (AvgIpc) is 2.00. The van der Waals surface area contributed by atoms with Crippen molar-refractivity contribution in [3.63, 3.8) is 0 Å². The van der Waals surface area contributed by atoms with Crippen LogP contribution in [0.15, 0.2) is 0 Å². The van der Waals surface area contributed by atoms with Gasteiger partial charge in [0.1, 0.15) is 0 Å². The van der Waals surface area contributed by atoms with Crippen LogP contribution in [0.5, 0.6) is 0 Å². The molecule has 0 radical (unpaired) electrons. The third kappa shape index (κ3) is 8.00. The Morgan fingerprint density at radius 1 is 1.54 bits per heavy atom. The number of nitrogens with two attached hydrogens (primary N) is 1. The summed E-state index contributed by atoms with van der Waals surface area (Å²) in [6.07, 6.45) is 0.484. The summed E-state index contributed by atoms with van der Waals surface area (Å²) in [5.74, 6) is -0.673. The summed E-state index contributed by atoms with van der Waals surface area (Å²) in [6, 6.07) is -0.644. The molecule has 0 saturated heterocycles. The van der Waals surface area contributed by atoms with Gasteiger partial charge in [-0.15, -0.1) is 0 Å². The predicted octanol–water partition coefficient (Wildman–Crippen LogP) is 0.0577. The molecule has 76 valence electrons. The first-order valence-corrected chi connectivity index (χ1v) is 3.85. The van der Waals surface area contributed by atoms with Crippen LogP contribution in [0.3, 0.4) is 0 Å². The molecule has 5 heteroatoms. The molecule has 0 aliphatic heterocycles. The molecule has 4 nitrogen and oxygen atoms in total. The molecular weight excluding hydrogens is 342 g/mol. The maximum absolute atomic E-state index is 10.8. The van der Waals surface area contributed by atoms with Crippen molar-refractivity contribution in [2.75, 3.05) is 6.61 Å². The third-order valence-corrected chi connectivity index (χ3v) is 1.38. The molecule has 0 aromatic heterocycles. The van der Waals surface area contributed by atoms with Gasteiger partial charge < -0.3 is 22.2 Å². The zero-order chi connectivity index (χ0) is 9.56. The van der Waals surface area contributed by atoms with E-state index in [0.29, 0.717) is 13.0 Å². The topological polar surface area (TPSA) is 69.4 Å². The summed E-state index contributed by atoms with van der Waals surface area (Å²) in [4.78, 5) is 21.3. The molecule has 1 unspecified atom stereocenters. The Balaban J connectivity index is 0. The maximum atomic E-state index is 10.8. The van der Waals surface area contributed by atoms with Crippen LogP contribution >= 0.6 is 0 Å². The van der Waals surface area contributed by atoms with Gasteiger partial charge in [0.25, 0.3) is 0 Å². The molecular formula is C8H14NO3W-. The number of carbonyl (C=O) groups is 2. The summed E-state index contributed by atoms with van der Waals surface area (Å²) in [5, 5.41) is 0. The fraction of sp³-hybridized carbons (Fsp3) is 0.625. The van der Waals surface area contributed by atoms with Crippen molar-refractivity contribution in [2.24, 2.45) is 5.73 Å². The van der Waals surface area contributed by atoms with E-state index in [-0.39, 0.29) is 39.2 Å². The first kappa shape index (κ1) is 15.1. The number of ketones is 1. The van der Waals surface area contributed by atoms with Gasteiger partial charge in [0.15, 0.2) is 0 Å². The molecule has 0 aliphatic carbocycles. The Morgan fingerprint density at radius 3 is 2.46 bits per heavy atom. The number of esters is 1. The minimum atomic E-state index is -0.644. The number of hydrogen-bond donors (Lipinski definition) is 1.